The molecule has 0 fully saturated rings. The summed E-state index contributed by atoms with van der Waals surface area (Å²) in [7, 11) is 0. The molecule has 0 heterocycles. The molecule has 3 aromatic carbocycles. The number of anilines is 1. The largest absolute Gasteiger partial charge is 0.350 e. The van der Waals surface area contributed by atoms with Gasteiger partial charge in [-0.3, -0.25) is 10.2 Å². The van der Waals surface area contributed by atoms with Gasteiger partial charge in [-0.1, -0.05) is 60.1 Å². The van der Waals surface area contributed by atoms with E-state index in [1.165, 1.54) is 0 Å². The van der Waals surface area contributed by atoms with E-state index in [-0.39, 0.29) is 12.3 Å². The molecule has 3 amide bonds. The minimum absolute atomic E-state index is 0.103. The van der Waals surface area contributed by atoms with Crippen LogP contribution in [0.4, 0.5) is 10.5 Å². The van der Waals surface area contributed by atoms with Crippen molar-refractivity contribution in [2.24, 2.45) is 5.73 Å². The number of benzene rings is 3. The quantitative estimate of drug-likeness (QED) is 0.705. The summed E-state index contributed by atoms with van der Waals surface area (Å²) >= 11 is 5.84. The maximum Gasteiger partial charge on any atom is 0.338 e. The molecule has 0 aliphatic rings. The molecule has 3 aromatic rings. The lowest BCUT2D eigenvalue weighted by molar-refractivity contribution is -0.120. The molecule has 3 N–H and O–H groups in total. The summed E-state index contributed by atoms with van der Waals surface area (Å²) in [5.74, 6) is -0.353. The Hall–Kier alpha value is -3.05. The number of carbonyl (C=O) groups is 2. The molecule has 0 aliphatic carbocycles. The predicted octanol–water partition coefficient (Wildman–Crippen LogP) is 3.65. The van der Waals surface area contributed by atoms with Gasteiger partial charge in [0.1, 0.15) is 0 Å². The van der Waals surface area contributed by atoms with Crippen molar-refractivity contribution in [1.82, 2.24) is 5.43 Å². The summed E-state index contributed by atoms with van der Waals surface area (Å²) in [6.45, 7) is 0. The molecule has 6 heteroatoms. The summed E-state index contributed by atoms with van der Waals surface area (Å²) in [5.41, 5.74) is 9.36. The van der Waals surface area contributed by atoms with Crippen LogP contribution in [0.3, 0.4) is 0 Å². The Balaban J connectivity index is 1.85. The number of carbonyl (C=O) groups excluding carboxylic acids is 2. The van der Waals surface area contributed by atoms with Gasteiger partial charge in [-0.15, -0.1) is 0 Å². The van der Waals surface area contributed by atoms with Crippen molar-refractivity contribution in [3.8, 4) is 0 Å². The molecule has 0 aromatic heterocycles. The number of nitrogens with two attached hydrogens (primary N) is 1. The highest BCUT2D eigenvalue weighted by Gasteiger charge is 2.18. The first-order valence-electron chi connectivity index (χ1n) is 7.66. The van der Waals surface area contributed by atoms with Crippen LogP contribution in [0.25, 0.3) is 10.8 Å². The third-order valence-electron chi connectivity index (χ3n) is 3.74. The number of amides is 3. The molecule has 0 saturated heterocycles. The smallest absolute Gasteiger partial charge is 0.338 e. The molecule has 0 atom stereocenters. The van der Waals surface area contributed by atoms with Gasteiger partial charge in [0, 0.05) is 10.4 Å². The monoisotopic (exact) mass is 353 g/mol. The first-order valence-corrected chi connectivity index (χ1v) is 8.03. The van der Waals surface area contributed by atoms with Crippen molar-refractivity contribution in [2.45, 2.75) is 6.42 Å². The fourth-order valence-electron chi connectivity index (χ4n) is 2.59. The Kier molecular flexibility index (Phi) is 4.86. The topological polar surface area (TPSA) is 75.4 Å². The van der Waals surface area contributed by atoms with E-state index in [1.54, 1.807) is 36.4 Å². The molecule has 5 nitrogen and oxygen atoms in total. The van der Waals surface area contributed by atoms with Crippen LogP contribution in [0.2, 0.25) is 5.02 Å². The van der Waals surface area contributed by atoms with Crippen molar-refractivity contribution >= 4 is 40.0 Å². The number of hydrazine groups is 1. The summed E-state index contributed by atoms with van der Waals surface area (Å²) in [5, 5.41) is 3.42. The number of fused-ring (bicyclic) bond motifs is 1. The van der Waals surface area contributed by atoms with Crippen LogP contribution in [0.1, 0.15) is 5.56 Å². The van der Waals surface area contributed by atoms with Crippen molar-refractivity contribution < 1.29 is 9.59 Å². The molecule has 0 aliphatic heterocycles. The van der Waals surface area contributed by atoms with E-state index in [4.69, 9.17) is 17.3 Å². The summed E-state index contributed by atoms with van der Waals surface area (Å²) < 4.78 is 0. The first kappa shape index (κ1) is 16.8. The zero-order valence-corrected chi connectivity index (χ0v) is 14.0. The van der Waals surface area contributed by atoms with Crippen LogP contribution in [0.15, 0.2) is 66.7 Å². The summed E-state index contributed by atoms with van der Waals surface area (Å²) in [4.78, 5) is 24.2. The van der Waals surface area contributed by atoms with Gasteiger partial charge in [0.25, 0.3) is 0 Å². The Morgan fingerprint density at radius 1 is 0.960 bits per heavy atom. The van der Waals surface area contributed by atoms with Gasteiger partial charge in [-0.25, -0.2) is 9.80 Å². The molecule has 0 saturated carbocycles. The predicted molar refractivity (Wildman–Crippen MR) is 99.3 cm³/mol. The van der Waals surface area contributed by atoms with E-state index in [2.05, 4.69) is 5.43 Å². The first-order chi connectivity index (χ1) is 12.0. The maximum absolute atomic E-state index is 12.3. The Morgan fingerprint density at radius 2 is 1.64 bits per heavy atom. The average Bonchev–Trinajstić information content (AvgIpc) is 2.61. The van der Waals surface area contributed by atoms with E-state index >= 15 is 0 Å². The number of nitrogens with zero attached hydrogens (tertiary/aromatic N) is 1. The van der Waals surface area contributed by atoms with Gasteiger partial charge in [-0.2, -0.15) is 0 Å². The molecule has 0 bridgehead atoms. The molecular formula is C19H16ClN3O2. The van der Waals surface area contributed by atoms with Crippen molar-refractivity contribution in [3.63, 3.8) is 0 Å². The van der Waals surface area contributed by atoms with Gasteiger partial charge < -0.3 is 5.73 Å². The van der Waals surface area contributed by atoms with Gasteiger partial charge in [0.2, 0.25) is 5.91 Å². The SMILES string of the molecule is NC(=O)N(NC(=O)Cc1ccc(Cl)cc1)c1cccc2ccccc12. The highest BCUT2D eigenvalue weighted by molar-refractivity contribution is 6.30. The zero-order valence-electron chi connectivity index (χ0n) is 13.3. The van der Waals surface area contributed by atoms with Gasteiger partial charge >= 0.3 is 6.03 Å². The molecular weight excluding hydrogens is 338 g/mol. The average molecular weight is 354 g/mol. The third-order valence-corrected chi connectivity index (χ3v) is 3.99. The number of rotatable bonds is 3. The van der Waals surface area contributed by atoms with E-state index in [0.717, 1.165) is 21.3 Å². The number of nitrogens with one attached hydrogen (secondary N) is 1. The van der Waals surface area contributed by atoms with Gasteiger partial charge in [-0.05, 0) is 29.1 Å². The van der Waals surface area contributed by atoms with E-state index in [9.17, 15) is 9.59 Å². The lowest BCUT2D eigenvalue weighted by atomic mass is 10.1. The highest BCUT2D eigenvalue weighted by atomic mass is 35.5. The number of primary amides is 1. The van der Waals surface area contributed by atoms with Crippen molar-refractivity contribution in [3.05, 3.63) is 77.3 Å². The number of hydrogen-bond acceptors (Lipinski definition) is 2. The minimum Gasteiger partial charge on any atom is -0.350 e. The van der Waals surface area contributed by atoms with Crippen LogP contribution in [-0.2, 0) is 11.2 Å². The van der Waals surface area contributed by atoms with Gasteiger partial charge in [0.05, 0.1) is 12.1 Å². The van der Waals surface area contributed by atoms with Crippen molar-refractivity contribution in [1.29, 1.82) is 0 Å². The normalized spacial score (nSPS) is 10.4. The van der Waals surface area contributed by atoms with Crippen LogP contribution in [0, 0.1) is 0 Å². The fraction of sp³-hybridized carbons (Fsp3) is 0.0526. The van der Waals surface area contributed by atoms with Crippen LogP contribution in [0.5, 0.6) is 0 Å². The summed E-state index contributed by atoms with van der Waals surface area (Å²) in [6, 6.07) is 19.2. The molecule has 25 heavy (non-hydrogen) atoms. The molecule has 0 spiro atoms. The standard InChI is InChI=1S/C19H16ClN3O2/c20-15-10-8-13(9-11-15)12-18(24)22-23(19(21)25)17-7-3-5-14-4-1-2-6-16(14)17/h1-11H,12H2,(H2,21,25)(H,22,24). The number of urea groups is 1. The van der Waals surface area contributed by atoms with Crippen LogP contribution in [-0.4, -0.2) is 11.9 Å². The van der Waals surface area contributed by atoms with Gasteiger partial charge in [0.15, 0.2) is 0 Å². The van der Waals surface area contributed by atoms with E-state index in [0.29, 0.717) is 10.7 Å². The lowest BCUT2D eigenvalue weighted by Gasteiger charge is -2.22. The second-order valence-electron chi connectivity index (χ2n) is 5.51. The Labute approximate surface area is 150 Å². The summed E-state index contributed by atoms with van der Waals surface area (Å²) in [6.07, 6.45) is 0.103. The van der Waals surface area contributed by atoms with Crippen LogP contribution >= 0.6 is 11.6 Å². The molecule has 0 unspecified atom stereocenters. The third kappa shape index (κ3) is 3.89. The minimum atomic E-state index is -0.763. The molecule has 126 valence electrons. The van der Waals surface area contributed by atoms with Crippen molar-refractivity contribution in [2.75, 3.05) is 5.01 Å². The second kappa shape index (κ2) is 7.23. The molecule has 0 radical (unpaired) electrons. The fourth-order valence-corrected chi connectivity index (χ4v) is 2.72. The number of hydrogen-bond donors (Lipinski definition) is 2. The highest BCUT2D eigenvalue weighted by Crippen LogP contribution is 2.25. The number of halogens is 1. The lowest BCUT2D eigenvalue weighted by Crippen LogP contribution is -2.49. The second-order valence-corrected chi connectivity index (χ2v) is 5.95. The Morgan fingerprint density at radius 3 is 2.36 bits per heavy atom. The van der Waals surface area contributed by atoms with E-state index in [1.807, 2.05) is 30.3 Å². The Bertz CT molecular complexity index is 920. The zero-order chi connectivity index (χ0) is 17.8. The maximum atomic E-state index is 12.3. The molecule has 3 rings (SSSR count). The van der Waals surface area contributed by atoms with Crippen LogP contribution < -0.4 is 16.2 Å². The van der Waals surface area contributed by atoms with E-state index < -0.39 is 6.03 Å².